The first-order chi connectivity index (χ1) is 13.7. The summed E-state index contributed by atoms with van der Waals surface area (Å²) in [5.41, 5.74) is 2.39. The molecule has 1 saturated heterocycles. The van der Waals surface area contributed by atoms with Crippen molar-refractivity contribution in [1.82, 2.24) is 15.0 Å². The van der Waals surface area contributed by atoms with E-state index in [0.29, 0.717) is 50.1 Å². The lowest BCUT2D eigenvalue weighted by Crippen LogP contribution is -2.38. The number of carboxylic acid groups (broad SMARTS) is 1. The molecule has 3 heterocycles. The summed E-state index contributed by atoms with van der Waals surface area (Å²) in [6, 6.07) is 13.4. The molecular weight excluding hydrogens is 356 g/mol. The molecule has 0 amide bonds. The van der Waals surface area contributed by atoms with Gasteiger partial charge in [0, 0.05) is 37.5 Å². The van der Waals surface area contributed by atoms with Crippen molar-refractivity contribution in [2.45, 2.75) is 6.42 Å². The molecule has 0 aliphatic carbocycles. The molecule has 0 saturated carbocycles. The molecule has 1 aromatic carbocycles. The van der Waals surface area contributed by atoms with E-state index in [1.807, 2.05) is 47.4 Å². The van der Waals surface area contributed by atoms with Crippen molar-refractivity contribution in [3.8, 4) is 11.4 Å². The standard InChI is InChI=1S/C21H20N4O3/c26-21(27)18-17(13-15-5-2-1-3-6-15)23-19(16-7-4-8-22-14-16)24-20(18)25-9-11-28-12-10-25/h1-8,14H,9-13H2,(H,26,27). The van der Waals surface area contributed by atoms with E-state index >= 15 is 0 Å². The summed E-state index contributed by atoms with van der Waals surface area (Å²) in [5, 5.41) is 9.97. The van der Waals surface area contributed by atoms with E-state index in [1.54, 1.807) is 12.4 Å². The predicted octanol–water partition coefficient (Wildman–Crippen LogP) is 2.66. The summed E-state index contributed by atoms with van der Waals surface area (Å²) in [4.78, 5) is 27.5. The maximum atomic E-state index is 12.2. The third-order valence-corrected chi connectivity index (χ3v) is 4.62. The summed E-state index contributed by atoms with van der Waals surface area (Å²) in [7, 11) is 0. The highest BCUT2D eigenvalue weighted by Gasteiger charge is 2.26. The zero-order valence-corrected chi connectivity index (χ0v) is 15.3. The van der Waals surface area contributed by atoms with Crippen LogP contribution in [0.4, 0.5) is 5.82 Å². The maximum Gasteiger partial charge on any atom is 0.341 e. The first-order valence-corrected chi connectivity index (χ1v) is 9.13. The SMILES string of the molecule is O=C(O)c1c(Cc2ccccc2)nc(-c2cccnc2)nc1N1CCOCC1. The van der Waals surface area contributed by atoms with Crippen LogP contribution in [-0.4, -0.2) is 52.3 Å². The van der Waals surface area contributed by atoms with Gasteiger partial charge in [0.25, 0.3) is 0 Å². The summed E-state index contributed by atoms with van der Waals surface area (Å²) in [6.45, 7) is 2.27. The van der Waals surface area contributed by atoms with Crippen LogP contribution in [0.1, 0.15) is 21.6 Å². The summed E-state index contributed by atoms with van der Waals surface area (Å²) >= 11 is 0. The molecule has 1 aliphatic heterocycles. The van der Waals surface area contributed by atoms with Crippen LogP contribution < -0.4 is 4.90 Å². The Bertz CT molecular complexity index is 958. The normalized spacial score (nSPS) is 14.1. The Labute approximate surface area is 162 Å². The van der Waals surface area contributed by atoms with Crippen LogP contribution in [0.5, 0.6) is 0 Å². The molecule has 0 unspecified atom stereocenters. The minimum absolute atomic E-state index is 0.151. The lowest BCUT2D eigenvalue weighted by Gasteiger charge is -2.29. The van der Waals surface area contributed by atoms with Crippen LogP contribution in [0, 0.1) is 0 Å². The van der Waals surface area contributed by atoms with Crippen molar-refractivity contribution in [3.05, 3.63) is 71.7 Å². The number of carbonyl (C=O) groups is 1. The number of rotatable bonds is 5. The number of aromatic nitrogens is 3. The fourth-order valence-corrected chi connectivity index (χ4v) is 3.26. The second-order valence-corrected chi connectivity index (χ2v) is 6.50. The molecule has 28 heavy (non-hydrogen) atoms. The largest absolute Gasteiger partial charge is 0.477 e. The third-order valence-electron chi connectivity index (χ3n) is 4.62. The van der Waals surface area contributed by atoms with E-state index in [2.05, 4.69) is 15.0 Å². The van der Waals surface area contributed by atoms with Gasteiger partial charge < -0.3 is 14.7 Å². The Morgan fingerprint density at radius 1 is 1.07 bits per heavy atom. The fraction of sp³-hybridized carbons (Fsp3) is 0.238. The second kappa shape index (κ2) is 8.14. The topological polar surface area (TPSA) is 88.4 Å². The number of pyridine rings is 1. The number of anilines is 1. The number of benzene rings is 1. The Kier molecular flexibility index (Phi) is 5.25. The van der Waals surface area contributed by atoms with E-state index < -0.39 is 5.97 Å². The highest BCUT2D eigenvalue weighted by Crippen LogP contribution is 2.27. The average Bonchev–Trinajstić information content (AvgIpc) is 2.75. The van der Waals surface area contributed by atoms with Crippen molar-refractivity contribution in [1.29, 1.82) is 0 Å². The van der Waals surface area contributed by atoms with Gasteiger partial charge in [0.1, 0.15) is 11.4 Å². The van der Waals surface area contributed by atoms with E-state index in [1.165, 1.54) is 0 Å². The zero-order valence-electron chi connectivity index (χ0n) is 15.3. The molecule has 1 fully saturated rings. The van der Waals surface area contributed by atoms with Crippen LogP contribution in [0.15, 0.2) is 54.9 Å². The van der Waals surface area contributed by atoms with Crippen molar-refractivity contribution < 1.29 is 14.6 Å². The van der Waals surface area contributed by atoms with Gasteiger partial charge in [-0.15, -0.1) is 0 Å². The number of carboxylic acids is 1. The van der Waals surface area contributed by atoms with E-state index in [-0.39, 0.29) is 5.56 Å². The fourth-order valence-electron chi connectivity index (χ4n) is 3.26. The van der Waals surface area contributed by atoms with Crippen molar-refractivity contribution in [3.63, 3.8) is 0 Å². The summed E-state index contributed by atoms with van der Waals surface area (Å²) in [5.74, 6) is -0.105. The number of aromatic carboxylic acids is 1. The van der Waals surface area contributed by atoms with Crippen LogP contribution in [0.25, 0.3) is 11.4 Å². The van der Waals surface area contributed by atoms with E-state index in [4.69, 9.17) is 4.74 Å². The minimum Gasteiger partial charge on any atom is -0.477 e. The molecule has 1 N–H and O–H groups in total. The number of nitrogens with zero attached hydrogens (tertiary/aromatic N) is 4. The molecule has 2 aromatic heterocycles. The molecule has 0 atom stereocenters. The van der Waals surface area contributed by atoms with Crippen molar-refractivity contribution in [2.75, 3.05) is 31.2 Å². The number of morpholine rings is 1. The molecule has 7 heteroatoms. The molecule has 3 aromatic rings. The molecule has 0 radical (unpaired) electrons. The molecule has 142 valence electrons. The monoisotopic (exact) mass is 376 g/mol. The van der Waals surface area contributed by atoms with Crippen molar-refractivity contribution in [2.24, 2.45) is 0 Å². The van der Waals surface area contributed by atoms with Crippen LogP contribution in [-0.2, 0) is 11.2 Å². The second-order valence-electron chi connectivity index (χ2n) is 6.50. The van der Waals surface area contributed by atoms with Crippen LogP contribution in [0.2, 0.25) is 0 Å². The first-order valence-electron chi connectivity index (χ1n) is 9.13. The number of hydrogen-bond donors (Lipinski definition) is 1. The lowest BCUT2D eigenvalue weighted by atomic mass is 10.0. The minimum atomic E-state index is -1.02. The van der Waals surface area contributed by atoms with Gasteiger partial charge in [0.05, 0.1) is 18.9 Å². The van der Waals surface area contributed by atoms with E-state index in [0.717, 1.165) is 11.1 Å². The molecular formula is C21H20N4O3. The smallest absolute Gasteiger partial charge is 0.341 e. The van der Waals surface area contributed by atoms with E-state index in [9.17, 15) is 9.90 Å². The quantitative estimate of drug-likeness (QED) is 0.732. The Hall–Kier alpha value is -3.32. The zero-order chi connectivity index (χ0) is 19.3. The Morgan fingerprint density at radius 3 is 2.54 bits per heavy atom. The molecule has 0 spiro atoms. The maximum absolute atomic E-state index is 12.2. The summed E-state index contributed by atoms with van der Waals surface area (Å²) in [6.07, 6.45) is 3.78. The van der Waals surface area contributed by atoms with Gasteiger partial charge >= 0.3 is 5.97 Å². The van der Waals surface area contributed by atoms with Crippen LogP contribution in [0.3, 0.4) is 0 Å². The molecule has 1 aliphatic rings. The third kappa shape index (κ3) is 3.84. The molecule has 7 nitrogen and oxygen atoms in total. The molecule has 4 rings (SSSR count). The van der Waals surface area contributed by atoms with Gasteiger partial charge in [-0.05, 0) is 17.7 Å². The summed E-state index contributed by atoms with van der Waals surface area (Å²) < 4.78 is 5.42. The van der Waals surface area contributed by atoms with Gasteiger partial charge in [0.2, 0.25) is 0 Å². The van der Waals surface area contributed by atoms with Gasteiger partial charge in [-0.25, -0.2) is 14.8 Å². The Morgan fingerprint density at radius 2 is 1.86 bits per heavy atom. The number of hydrogen-bond acceptors (Lipinski definition) is 6. The predicted molar refractivity (Wildman–Crippen MR) is 105 cm³/mol. The van der Waals surface area contributed by atoms with Gasteiger partial charge in [-0.2, -0.15) is 0 Å². The first kappa shape index (κ1) is 18.1. The van der Waals surface area contributed by atoms with Gasteiger partial charge in [0.15, 0.2) is 5.82 Å². The van der Waals surface area contributed by atoms with Crippen LogP contribution >= 0.6 is 0 Å². The lowest BCUT2D eigenvalue weighted by molar-refractivity contribution is 0.0694. The van der Waals surface area contributed by atoms with Gasteiger partial charge in [-0.1, -0.05) is 30.3 Å². The Balaban J connectivity index is 1.87. The number of ether oxygens (including phenoxy) is 1. The van der Waals surface area contributed by atoms with Gasteiger partial charge in [-0.3, -0.25) is 4.98 Å². The van der Waals surface area contributed by atoms with Crippen molar-refractivity contribution >= 4 is 11.8 Å². The molecule has 0 bridgehead atoms. The average molecular weight is 376 g/mol. The highest BCUT2D eigenvalue weighted by atomic mass is 16.5. The highest BCUT2D eigenvalue weighted by molar-refractivity contribution is 5.95.